The van der Waals surface area contributed by atoms with Crippen LogP contribution in [-0.2, 0) is 0 Å². The second-order valence-electron chi connectivity index (χ2n) is 9.46. The first-order valence-electron chi connectivity index (χ1n) is 11.9. The minimum absolute atomic E-state index is 0.368. The molecule has 4 heterocycles. The zero-order valence-corrected chi connectivity index (χ0v) is 18.5. The fraction of sp³-hybridized carbons (Fsp3) is 0.560. The lowest BCUT2D eigenvalue weighted by molar-refractivity contribution is 0.150. The second-order valence-corrected chi connectivity index (χ2v) is 9.46. The molecule has 164 valence electrons. The summed E-state index contributed by atoms with van der Waals surface area (Å²) in [5.74, 6) is 2.74. The summed E-state index contributed by atoms with van der Waals surface area (Å²) < 4.78 is 11.9. The fourth-order valence-electron chi connectivity index (χ4n) is 5.76. The zero-order chi connectivity index (χ0) is 20.8. The van der Waals surface area contributed by atoms with Gasteiger partial charge in [-0.15, -0.1) is 0 Å². The number of ether oxygens (including phenoxy) is 2. The smallest absolute Gasteiger partial charge is 0.163 e. The molecular formula is C25H32N4O2. The van der Waals surface area contributed by atoms with E-state index in [0.717, 1.165) is 47.9 Å². The number of anilines is 1. The van der Waals surface area contributed by atoms with Crippen LogP contribution in [0.5, 0.6) is 11.5 Å². The summed E-state index contributed by atoms with van der Waals surface area (Å²) in [4.78, 5) is 13.5. The molecule has 2 aliphatic heterocycles. The van der Waals surface area contributed by atoms with Crippen molar-refractivity contribution in [3.8, 4) is 11.5 Å². The average molecular weight is 421 g/mol. The van der Waals surface area contributed by atoms with E-state index >= 15 is 0 Å². The summed E-state index contributed by atoms with van der Waals surface area (Å²) in [5.41, 5.74) is 2.59. The van der Waals surface area contributed by atoms with Crippen molar-refractivity contribution in [2.75, 3.05) is 44.8 Å². The maximum absolute atomic E-state index is 6.16. The zero-order valence-electron chi connectivity index (χ0n) is 18.5. The highest BCUT2D eigenvalue weighted by atomic mass is 16.5. The van der Waals surface area contributed by atoms with Crippen molar-refractivity contribution in [2.45, 2.75) is 50.5 Å². The molecule has 6 heteroatoms. The summed E-state index contributed by atoms with van der Waals surface area (Å²) >= 11 is 0. The molecule has 0 bridgehead atoms. The predicted octanol–water partition coefficient (Wildman–Crippen LogP) is 4.72. The van der Waals surface area contributed by atoms with Gasteiger partial charge in [-0.25, -0.2) is 4.98 Å². The maximum atomic E-state index is 6.16. The third-order valence-electron chi connectivity index (χ3n) is 7.76. The molecule has 1 aliphatic carbocycles. The summed E-state index contributed by atoms with van der Waals surface area (Å²) in [6.45, 7) is 5.40. The van der Waals surface area contributed by atoms with Crippen LogP contribution in [0, 0.1) is 0 Å². The van der Waals surface area contributed by atoms with Crippen molar-refractivity contribution in [3.63, 3.8) is 0 Å². The first-order valence-corrected chi connectivity index (χ1v) is 11.9. The van der Waals surface area contributed by atoms with Crippen LogP contribution >= 0.6 is 0 Å². The predicted molar refractivity (Wildman–Crippen MR) is 124 cm³/mol. The molecule has 0 atom stereocenters. The first kappa shape index (κ1) is 19.2. The van der Waals surface area contributed by atoms with Crippen molar-refractivity contribution < 1.29 is 9.47 Å². The minimum Gasteiger partial charge on any atom is -0.493 e. The van der Waals surface area contributed by atoms with Gasteiger partial charge in [0.25, 0.3) is 0 Å². The number of hydrogen-bond donors (Lipinski definition) is 1. The number of fused-ring (bicyclic) bond motifs is 3. The maximum Gasteiger partial charge on any atom is 0.163 e. The van der Waals surface area contributed by atoms with E-state index in [9.17, 15) is 0 Å². The molecule has 6 rings (SSSR count). The first-order chi connectivity index (χ1) is 15.3. The Morgan fingerprint density at radius 1 is 1.03 bits per heavy atom. The lowest BCUT2D eigenvalue weighted by Gasteiger charge is -2.59. The van der Waals surface area contributed by atoms with Gasteiger partial charge in [0.1, 0.15) is 5.82 Å². The molecule has 1 saturated carbocycles. The fourth-order valence-corrected chi connectivity index (χ4v) is 5.76. The molecular weight excluding hydrogens is 388 g/mol. The number of aromatic nitrogens is 2. The number of aromatic amines is 1. The highest BCUT2D eigenvalue weighted by Crippen LogP contribution is 2.51. The number of hydrogen-bond acceptors (Lipinski definition) is 5. The Labute approximate surface area is 183 Å². The van der Waals surface area contributed by atoms with Crippen LogP contribution < -0.4 is 14.4 Å². The molecule has 1 aromatic carbocycles. The lowest BCUT2D eigenvalue weighted by atomic mass is 9.68. The van der Waals surface area contributed by atoms with Gasteiger partial charge in [0.15, 0.2) is 11.5 Å². The number of H-pyrrole nitrogens is 1. The van der Waals surface area contributed by atoms with Crippen LogP contribution in [-0.4, -0.2) is 60.3 Å². The molecule has 1 spiro atoms. The number of nitrogens with one attached hydrogen (secondary N) is 1. The quantitative estimate of drug-likeness (QED) is 0.561. The van der Waals surface area contributed by atoms with E-state index in [1.807, 2.05) is 6.20 Å². The van der Waals surface area contributed by atoms with Gasteiger partial charge in [-0.05, 0) is 70.2 Å². The Bertz CT molecular complexity index is 1090. The number of benzene rings is 1. The van der Waals surface area contributed by atoms with E-state index in [1.54, 1.807) is 7.11 Å². The molecule has 6 nitrogen and oxygen atoms in total. The Morgan fingerprint density at radius 3 is 2.61 bits per heavy atom. The van der Waals surface area contributed by atoms with Gasteiger partial charge in [0.2, 0.25) is 0 Å². The third-order valence-corrected chi connectivity index (χ3v) is 7.76. The van der Waals surface area contributed by atoms with Crippen LogP contribution in [0.3, 0.4) is 0 Å². The second kappa shape index (κ2) is 7.59. The Kier molecular flexibility index (Phi) is 4.71. The van der Waals surface area contributed by atoms with Gasteiger partial charge < -0.3 is 24.3 Å². The van der Waals surface area contributed by atoms with Gasteiger partial charge in [0, 0.05) is 36.3 Å². The third kappa shape index (κ3) is 3.15. The minimum atomic E-state index is 0.368. The molecule has 3 aliphatic rings. The van der Waals surface area contributed by atoms with Crippen LogP contribution in [0.1, 0.15) is 44.9 Å². The van der Waals surface area contributed by atoms with Crippen LogP contribution in [0.2, 0.25) is 0 Å². The van der Waals surface area contributed by atoms with Crippen molar-refractivity contribution in [1.29, 1.82) is 0 Å². The number of likely N-dealkylation sites (tertiary alicyclic amines) is 1. The summed E-state index contributed by atoms with van der Waals surface area (Å²) in [5, 5.41) is 2.38. The van der Waals surface area contributed by atoms with E-state index in [4.69, 9.17) is 14.5 Å². The Morgan fingerprint density at radius 2 is 1.90 bits per heavy atom. The summed E-state index contributed by atoms with van der Waals surface area (Å²) in [7, 11) is 1.73. The molecule has 3 aromatic rings. The van der Waals surface area contributed by atoms with Crippen molar-refractivity contribution in [1.82, 2.24) is 14.9 Å². The standard InChI is InChI=1S/C25H32N4O2/c1-30-21-16-18-20(17-22(21)31-15-5-13-28-11-2-3-12-28)27-19-6-10-26-24(23(18)19)29-14-9-25(29)7-4-8-25/h6,10,16-17,27H,2-5,7-9,11-15H2,1H3. The van der Waals surface area contributed by atoms with Crippen LogP contribution in [0.4, 0.5) is 5.82 Å². The van der Waals surface area contributed by atoms with E-state index in [0.29, 0.717) is 12.1 Å². The Hall–Kier alpha value is -2.47. The van der Waals surface area contributed by atoms with Gasteiger partial charge >= 0.3 is 0 Å². The lowest BCUT2D eigenvalue weighted by Crippen LogP contribution is -2.64. The molecule has 3 fully saturated rings. The van der Waals surface area contributed by atoms with E-state index in [2.05, 4.69) is 33.0 Å². The van der Waals surface area contributed by atoms with Crippen molar-refractivity contribution in [3.05, 3.63) is 24.4 Å². The highest BCUT2D eigenvalue weighted by Gasteiger charge is 2.50. The van der Waals surface area contributed by atoms with Gasteiger partial charge in [-0.1, -0.05) is 0 Å². The normalized spacial score (nSPS) is 20.4. The monoisotopic (exact) mass is 420 g/mol. The average Bonchev–Trinajstić information content (AvgIpc) is 3.36. The Balaban J connectivity index is 1.29. The van der Waals surface area contributed by atoms with Crippen LogP contribution in [0.15, 0.2) is 24.4 Å². The largest absolute Gasteiger partial charge is 0.493 e. The summed E-state index contributed by atoms with van der Waals surface area (Å²) in [6.07, 6.45) is 10.9. The molecule has 0 unspecified atom stereocenters. The van der Waals surface area contributed by atoms with E-state index < -0.39 is 0 Å². The molecule has 2 aromatic heterocycles. The number of pyridine rings is 1. The number of nitrogens with zero attached hydrogens (tertiary/aromatic N) is 3. The van der Waals surface area contributed by atoms with Gasteiger partial charge in [-0.3, -0.25) is 0 Å². The molecule has 0 amide bonds. The summed E-state index contributed by atoms with van der Waals surface area (Å²) in [6, 6.07) is 6.31. The topological polar surface area (TPSA) is 53.6 Å². The van der Waals surface area contributed by atoms with E-state index in [1.165, 1.54) is 62.4 Å². The van der Waals surface area contributed by atoms with E-state index in [-0.39, 0.29) is 0 Å². The molecule has 31 heavy (non-hydrogen) atoms. The highest BCUT2D eigenvalue weighted by molar-refractivity contribution is 6.13. The number of methoxy groups -OCH3 is 1. The molecule has 1 N–H and O–H groups in total. The van der Waals surface area contributed by atoms with Crippen molar-refractivity contribution in [2.24, 2.45) is 0 Å². The van der Waals surface area contributed by atoms with Crippen LogP contribution in [0.25, 0.3) is 21.8 Å². The van der Waals surface area contributed by atoms with Gasteiger partial charge in [-0.2, -0.15) is 0 Å². The SMILES string of the molecule is COc1cc2c(cc1OCCCN1CCCC1)[nH]c1ccnc(N3CCC34CCC4)c12. The van der Waals surface area contributed by atoms with Gasteiger partial charge in [0.05, 0.1) is 30.1 Å². The molecule has 0 radical (unpaired) electrons. The van der Waals surface area contributed by atoms with Crippen molar-refractivity contribution >= 4 is 27.6 Å². The number of rotatable bonds is 7. The molecule has 2 saturated heterocycles.